The fourth-order valence-corrected chi connectivity index (χ4v) is 5.42. The van der Waals surface area contributed by atoms with Gasteiger partial charge in [0.25, 0.3) is 5.91 Å². The van der Waals surface area contributed by atoms with Gasteiger partial charge >= 0.3 is 0 Å². The SMILES string of the molecule is O=C(NNc1ccc(S(=O)(=O)NC2CC2)cc1)c1sc(-c2ccco2)nc1-c1ccccc1. The molecule has 1 amide bonds. The van der Waals surface area contributed by atoms with Crippen LogP contribution in [0.1, 0.15) is 22.5 Å². The highest BCUT2D eigenvalue weighted by atomic mass is 32.2. The van der Waals surface area contributed by atoms with Crippen LogP contribution in [0.5, 0.6) is 0 Å². The Labute approximate surface area is 194 Å². The number of carbonyl (C=O) groups is 1. The predicted octanol–water partition coefficient (Wildman–Crippen LogP) is 4.27. The van der Waals surface area contributed by atoms with E-state index >= 15 is 0 Å². The van der Waals surface area contributed by atoms with Crippen molar-refractivity contribution in [1.82, 2.24) is 15.1 Å². The summed E-state index contributed by atoms with van der Waals surface area (Å²) in [5.74, 6) is 0.219. The third-order valence-electron chi connectivity index (χ3n) is 5.00. The number of anilines is 1. The Kier molecular flexibility index (Phi) is 5.71. The number of carbonyl (C=O) groups excluding carboxylic acids is 1. The number of hydrogen-bond donors (Lipinski definition) is 3. The van der Waals surface area contributed by atoms with Gasteiger partial charge in [0, 0.05) is 11.6 Å². The van der Waals surface area contributed by atoms with Crippen molar-refractivity contribution in [3.63, 3.8) is 0 Å². The number of benzene rings is 2. The van der Waals surface area contributed by atoms with Crippen LogP contribution in [0, 0.1) is 0 Å². The van der Waals surface area contributed by atoms with Crippen LogP contribution in [0.4, 0.5) is 5.69 Å². The average Bonchev–Trinajstić information content (AvgIpc) is 3.29. The molecule has 2 aromatic carbocycles. The topological polar surface area (TPSA) is 113 Å². The summed E-state index contributed by atoms with van der Waals surface area (Å²) in [6, 6.07) is 19.2. The maximum absolute atomic E-state index is 13.0. The van der Waals surface area contributed by atoms with Gasteiger partial charge in [-0.15, -0.1) is 11.3 Å². The van der Waals surface area contributed by atoms with Gasteiger partial charge in [-0.2, -0.15) is 0 Å². The molecule has 4 aromatic rings. The monoisotopic (exact) mass is 480 g/mol. The molecule has 0 saturated heterocycles. The molecule has 10 heteroatoms. The highest BCUT2D eigenvalue weighted by Gasteiger charge is 2.28. The largest absolute Gasteiger partial charge is 0.462 e. The van der Waals surface area contributed by atoms with E-state index in [0.29, 0.717) is 27.0 Å². The van der Waals surface area contributed by atoms with Crippen LogP contribution in [0.2, 0.25) is 0 Å². The van der Waals surface area contributed by atoms with Crippen molar-refractivity contribution in [1.29, 1.82) is 0 Å². The van der Waals surface area contributed by atoms with Crippen LogP contribution in [0.15, 0.2) is 82.3 Å². The summed E-state index contributed by atoms with van der Waals surface area (Å²) >= 11 is 1.23. The molecule has 0 unspecified atom stereocenters. The average molecular weight is 481 g/mol. The first-order valence-corrected chi connectivity index (χ1v) is 12.6. The Morgan fingerprint density at radius 2 is 1.76 bits per heavy atom. The zero-order valence-corrected chi connectivity index (χ0v) is 18.9. The van der Waals surface area contributed by atoms with Crippen molar-refractivity contribution in [2.24, 2.45) is 0 Å². The van der Waals surface area contributed by atoms with Crippen molar-refractivity contribution in [3.05, 3.63) is 77.9 Å². The summed E-state index contributed by atoms with van der Waals surface area (Å²) in [7, 11) is -3.52. The fraction of sp³-hybridized carbons (Fsp3) is 0.130. The molecule has 5 rings (SSSR count). The first-order valence-electron chi connectivity index (χ1n) is 10.3. The van der Waals surface area contributed by atoms with E-state index in [2.05, 4.69) is 20.6 Å². The number of nitrogens with zero attached hydrogens (tertiary/aromatic N) is 1. The van der Waals surface area contributed by atoms with Crippen molar-refractivity contribution in [2.75, 3.05) is 5.43 Å². The van der Waals surface area contributed by atoms with Crippen molar-refractivity contribution < 1.29 is 17.6 Å². The number of rotatable bonds is 8. The molecule has 0 spiro atoms. The normalized spacial score (nSPS) is 13.6. The van der Waals surface area contributed by atoms with E-state index < -0.39 is 10.0 Å². The quantitative estimate of drug-likeness (QED) is 0.325. The number of amides is 1. The van der Waals surface area contributed by atoms with E-state index in [4.69, 9.17) is 4.42 Å². The zero-order valence-electron chi connectivity index (χ0n) is 17.3. The maximum Gasteiger partial charge on any atom is 0.281 e. The molecule has 168 valence electrons. The third-order valence-corrected chi connectivity index (χ3v) is 7.60. The van der Waals surface area contributed by atoms with Gasteiger partial charge in [0.05, 0.1) is 22.5 Å². The molecule has 0 aliphatic heterocycles. The van der Waals surface area contributed by atoms with Crippen LogP contribution in [-0.2, 0) is 10.0 Å². The second kappa shape index (κ2) is 8.81. The molecule has 0 radical (unpaired) electrons. The summed E-state index contributed by atoms with van der Waals surface area (Å²) in [5.41, 5.74) is 7.42. The zero-order chi connectivity index (χ0) is 22.8. The first kappa shape index (κ1) is 21.4. The van der Waals surface area contributed by atoms with Crippen LogP contribution >= 0.6 is 11.3 Å². The second-order valence-electron chi connectivity index (χ2n) is 7.54. The molecular weight excluding hydrogens is 460 g/mol. The molecule has 1 aliphatic carbocycles. The number of aromatic nitrogens is 1. The number of thiazole rings is 1. The van der Waals surface area contributed by atoms with E-state index in [-0.39, 0.29) is 16.8 Å². The Bertz CT molecular complexity index is 1360. The summed E-state index contributed by atoms with van der Waals surface area (Å²) in [4.78, 5) is 18.2. The minimum atomic E-state index is -3.52. The van der Waals surface area contributed by atoms with E-state index in [1.54, 1.807) is 30.5 Å². The maximum atomic E-state index is 13.0. The molecule has 0 atom stereocenters. The number of sulfonamides is 1. The van der Waals surface area contributed by atoms with Gasteiger partial charge in [-0.25, -0.2) is 18.1 Å². The van der Waals surface area contributed by atoms with Gasteiger partial charge < -0.3 is 4.42 Å². The molecule has 8 nitrogen and oxygen atoms in total. The lowest BCUT2D eigenvalue weighted by molar-refractivity contribution is 0.0967. The highest BCUT2D eigenvalue weighted by molar-refractivity contribution is 7.89. The Balaban J connectivity index is 1.33. The molecular formula is C23H20N4O4S2. The number of hydrogen-bond acceptors (Lipinski definition) is 7. The molecule has 3 N–H and O–H groups in total. The fourth-order valence-electron chi connectivity index (χ4n) is 3.16. The Morgan fingerprint density at radius 1 is 1.00 bits per heavy atom. The molecule has 1 aliphatic rings. The highest BCUT2D eigenvalue weighted by Crippen LogP contribution is 2.34. The second-order valence-corrected chi connectivity index (χ2v) is 10.3. The van der Waals surface area contributed by atoms with Crippen LogP contribution < -0.4 is 15.6 Å². The van der Waals surface area contributed by atoms with E-state index in [9.17, 15) is 13.2 Å². The van der Waals surface area contributed by atoms with Gasteiger partial charge in [0.15, 0.2) is 10.8 Å². The summed E-state index contributed by atoms with van der Waals surface area (Å²) < 4.78 is 32.7. The van der Waals surface area contributed by atoms with Gasteiger partial charge in [-0.1, -0.05) is 30.3 Å². The summed E-state index contributed by atoms with van der Waals surface area (Å²) in [6.07, 6.45) is 3.30. The minimum absolute atomic E-state index is 0.0383. The lowest BCUT2D eigenvalue weighted by Crippen LogP contribution is -2.29. The third kappa shape index (κ3) is 4.82. The molecule has 1 saturated carbocycles. The van der Waals surface area contributed by atoms with Crippen molar-refractivity contribution in [3.8, 4) is 22.0 Å². The first-order chi connectivity index (χ1) is 16.0. The Hall–Kier alpha value is -3.47. The van der Waals surface area contributed by atoms with Gasteiger partial charge in [-0.3, -0.25) is 15.6 Å². The van der Waals surface area contributed by atoms with E-state index in [1.165, 1.54) is 23.5 Å². The molecule has 2 aromatic heterocycles. The van der Waals surface area contributed by atoms with E-state index in [0.717, 1.165) is 18.4 Å². The van der Waals surface area contributed by atoms with Gasteiger partial charge in [0.1, 0.15) is 4.88 Å². The van der Waals surface area contributed by atoms with E-state index in [1.807, 2.05) is 30.3 Å². The predicted molar refractivity (Wildman–Crippen MR) is 126 cm³/mol. The minimum Gasteiger partial charge on any atom is -0.462 e. The number of hydrazine groups is 1. The van der Waals surface area contributed by atoms with Crippen molar-refractivity contribution in [2.45, 2.75) is 23.8 Å². The van der Waals surface area contributed by atoms with Crippen LogP contribution in [0.25, 0.3) is 22.0 Å². The van der Waals surface area contributed by atoms with Crippen molar-refractivity contribution >= 4 is 33.0 Å². The molecule has 1 fully saturated rings. The molecule has 0 bridgehead atoms. The standard InChI is InChI=1S/C23H20N4O4S2/c28-22(26-25-16-10-12-18(13-11-16)33(29,30)27-17-8-9-17)21-20(15-5-2-1-3-6-15)24-23(32-21)19-7-4-14-31-19/h1-7,10-14,17,25,27H,8-9H2,(H,26,28). The van der Waals surface area contributed by atoms with Gasteiger partial charge in [-0.05, 0) is 49.2 Å². The van der Waals surface area contributed by atoms with Gasteiger partial charge in [0.2, 0.25) is 10.0 Å². The van der Waals surface area contributed by atoms with Crippen LogP contribution in [0.3, 0.4) is 0 Å². The number of nitrogens with one attached hydrogen (secondary N) is 3. The molecule has 33 heavy (non-hydrogen) atoms. The smallest absolute Gasteiger partial charge is 0.281 e. The Morgan fingerprint density at radius 3 is 2.42 bits per heavy atom. The molecule has 2 heterocycles. The number of furan rings is 1. The summed E-state index contributed by atoms with van der Waals surface area (Å²) in [5, 5.41) is 0.599. The lowest BCUT2D eigenvalue weighted by atomic mass is 10.1. The lowest BCUT2D eigenvalue weighted by Gasteiger charge is -2.10. The summed E-state index contributed by atoms with van der Waals surface area (Å²) in [6.45, 7) is 0. The van der Waals surface area contributed by atoms with Crippen LogP contribution in [-0.4, -0.2) is 25.4 Å².